The van der Waals surface area contributed by atoms with Gasteiger partial charge in [-0.3, -0.25) is 9.59 Å². The lowest BCUT2D eigenvalue weighted by Crippen LogP contribution is -2.45. The van der Waals surface area contributed by atoms with Crippen molar-refractivity contribution in [2.75, 3.05) is 5.01 Å². The molecule has 4 rings (SSSR count). The maximum atomic E-state index is 15.1. The van der Waals surface area contributed by atoms with E-state index in [4.69, 9.17) is 16.4 Å². The number of carboxylic acids is 1. The number of carbonyl (C=O) groups excluding carboxylic acids is 2. The monoisotopic (exact) mass is 522 g/mol. The summed E-state index contributed by atoms with van der Waals surface area (Å²) in [5, 5.41) is 9.91. The van der Waals surface area contributed by atoms with Gasteiger partial charge in [-0.05, 0) is 47.1 Å². The Kier molecular flexibility index (Phi) is 6.46. The molecule has 36 heavy (non-hydrogen) atoms. The number of carbonyl (C=O) groups is 3. The van der Waals surface area contributed by atoms with Gasteiger partial charge in [0.1, 0.15) is 11.9 Å². The number of benzene rings is 3. The average molecular weight is 523 g/mol. The van der Waals surface area contributed by atoms with E-state index in [0.29, 0.717) is 16.2 Å². The number of hydrazine groups is 1. The first-order chi connectivity index (χ1) is 16.9. The molecule has 1 N–H and O–H groups in total. The number of hydroxylamine groups is 1. The van der Waals surface area contributed by atoms with Crippen molar-refractivity contribution in [1.29, 1.82) is 0 Å². The van der Waals surface area contributed by atoms with Crippen molar-refractivity contribution in [3.8, 4) is 0 Å². The maximum Gasteiger partial charge on any atom is 0.417 e. The summed E-state index contributed by atoms with van der Waals surface area (Å²) >= 11 is 6.02. The number of rotatable bonds is 4. The average Bonchev–Trinajstić information content (AvgIpc) is 3.12. The van der Waals surface area contributed by atoms with Gasteiger partial charge in [0.05, 0.1) is 27.4 Å². The molecular weight excluding hydrogens is 508 g/mol. The minimum Gasteiger partial charge on any atom is -0.478 e. The minimum absolute atomic E-state index is 0.0941. The quantitative estimate of drug-likeness (QED) is 0.446. The third kappa shape index (κ3) is 4.38. The highest BCUT2D eigenvalue weighted by Crippen LogP contribution is 2.47. The zero-order valence-corrected chi connectivity index (χ0v) is 19.0. The second-order valence-corrected chi connectivity index (χ2v) is 8.07. The molecule has 186 valence electrons. The summed E-state index contributed by atoms with van der Waals surface area (Å²) in [6, 6.07) is 10.0. The van der Waals surface area contributed by atoms with Crippen molar-refractivity contribution in [2.24, 2.45) is 0 Å². The molecular formula is C24H15ClF4N2O5. The van der Waals surface area contributed by atoms with Gasteiger partial charge in [0.25, 0.3) is 5.91 Å². The van der Waals surface area contributed by atoms with Crippen LogP contribution in [0.4, 0.5) is 23.2 Å². The van der Waals surface area contributed by atoms with E-state index in [2.05, 4.69) is 0 Å². The minimum atomic E-state index is -4.96. The van der Waals surface area contributed by atoms with Crippen molar-refractivity contribution >= 4 is 35.1 Å². The van der Waals surface area contributed by atoms with Crippen molar-refractivity contribution in [3.05, 3.63) is 99.3 Å². The molecule has 1 unspecified atom stereocenters. The van der Waals surface area contributed by atoms with E-state index in [1.807, 2.05) is 0 Å². The van der Waals surface area contributed by atoms with Gasteiger partial charge in [-0.25, -0.2) is 14.2 Å². The fourth-order valence-corrected chi connectivity index (χ4v) is 4.18. The Morgan fingerprint density at radius 3 is 2.22 bits per heavy atom. The molecule has 3 aromatic rings. The lowest BCUT2D eigenvalue weighted by atomic mass is 9.97. The number of hydrogen-bond acceptors (Lipinski definition) is 5. The molecule has 0 bridgehead atoms. The van der Waals surface area contributed by atoms with Crippen LogP contribution in [0.15, 0.2) is 60.7 Å². The molecule has 0 aliphatic carbocycles. The van der Waals surface area contributed by atoms with E-state index in [1.165, 1.54) is 36.4 Å². The summed E-state index contributed by atoms with van der Waals surface area (Å²) in [4.78, 5) is 42.1. The number of amides is 1. The fourth-order valence-electron chi connectivity index (χ4n) is 3.92. The summed E-state index contributed by atoms with van der Waals surface area (Å²) in [5.74, 6) is -4.36. The predicted molar refractivity (Wildman–Crippen MR) is 119 cm³/mol. The molecule has 12 heteroatoms. The van der Waals surface area contributed by atoms with Crippen LogP contribution in [0.2, 0.25) is 5.02 Å². The Morgan fingerprint density at radius 2 is 1.64 bits per heavy atom. The molecule has 0 spiro atoms. The van der Waals surface area contributed by atoms with E-state index in [-0.39, 0.29) is 22.4 Å². The second kappa shape index (κ2) is 9.25. The van der Waals surface area contributed by atoms with E-state index in [0.717, 1.165) is 25.1 Å². The molecule has 0 aromatic heterocycles. The molecule has 1 aliphatic heterocycles. The van der Waals surface area contributed by atoms with Crippen LogP contribution in [-0.4, -0.2) is 28.1 Å². The van der Waals surface area contributed by atoms with Crippen molar-refractivity contribution in [1.82, 2.24) is 5.17 Å². The number of nitrogens with zero attached hydrogens (tertiary/aromatic N) is 2. The SMILES string of the molecule is CC(=O)ON1C(c2ccc(C(=O)O)cc2)c2c(F)cccc2N1C(=O)c1c(Cl)cccc1C(F)(F)F. The Hall–Kier alpha value is -3.96. The van der Waals surface area contributed by atoms with E-state index >= 15 is 4.39 Å². The Morgan fingerprint density at radius 1 is 1.00 bits per heavy atom. The zero-order valence-electron chi connectivity index (χ0n) is 18.2. The van der Waals surface area contributed by atoms with Gasteiger partial charge in [-0.2, -0.15) is 13.2 Å². The largest absolute Gasteiger partial charge is 0.478 e. The Bertz CT molecular complexity index is 1380. The molecule has 1 heterocycles. The van der Waals surface area contributed by atoms with Crippen LogP contribution in [0, 0.1) is 5.82 Å². The molecule has 0 saturated carbocycles. The Balaban J connectivity index is 1.94. The topological polar surface area (TPSA) is 87.2 Å². The molecule has 7 nitrogen and oxygen atoms in total. The predicted octanol–water partition coefficient (Wildman–Crippen LogP) is 5.64. The smallest absolute Gasteiger partial charge is 0.417 e. The van der Waals surface area contributed by atoms with Crippen LogP contribution < -0.4 is 5.01 Å². The summed E-state index contributed by atoms with van der Waals surface area (Å²) in [6.45, 7) is 0.989. The van der Waals surface area contributed by atoms with Gasteiger partial charge >= 0.3 is 18.1 Å². The van der Waals surface area contributed by atoms with Crippen molar-refractivity contribution < 1.29 is 41.9 Å². The lowest BCUT2D eigenvalue weighted by molar-refractivity contribution is -0.194. The molecule has 1 amide bonds. The summed E-state index contributed by atoms with van der Waals surface area (Å²) in [7, 11) is 0. The number of alkyl halides is 3. The summed E-state index contributed by atoms with van der Waals surface area (Å²) in [5.41, 5.74) is -2.55. The summed E-state index contributed by atoms with van der Waals surface area (Å²) in [6.07, 6.45) is -4.96. The number of aromatic carboxylic acids is 1. The van der Waals surface area contributed by atoms with E-state index in [9.17, 15) is 32.7 Å². The van der Waals surface area contributed by atoms with Gasteiger partial charge in [-0.1, -0.05) is 35.9 Å². The first kappa shape index (κ1) is 25.1. The fraction of sp³-hybridized carbons (Fsp3) is 0.125. The normalized spacial score (nSPS) is 15.5. The van der Waals surface area contributed by atoms with Crippen LogP contribution in [0.25, 0.3) is 0 Å². The van der Waals surface area contributed by atoms with Crippen LogP contribution in [0.3, 0.4) is 0 Å². The highest BCUT2D eigenvalue weighted by Gasteiger charge is 2.48. The molecule has 1 atom stereocenters. The number of carboxylic acid groups (broad SMARTS) is 1. The second-order valence-electron chi connectivity index (χ2n) is 7.66. The first-order valence-electron chi connectivity index (χ1n) is 10.2. The molecule has 0 saturated heterocycles. The highest BCUT2D eigenvalue weighted by atomic mass is 35.5. The van der Waals surface area contributed by atoms with E-state index in [1.54, 1.807) is 0 Å². The first-order valence-corrected chi connectivity index (χ1v) is 10.6. The van der Waals surface area contributed by atoms with Gasteiger partial charge in [0.15, 0.2) is 0 Å². The third-order valence-electron chi connectivity index (χ3n) is 5.37. The molecule has 0 fully saturated rings. The Labute approximate surface area is 206 Å². The number of fused-ring (bicyclic) bond motifs is 1. The van der Waals surface area contributed by atoms with Gasteiger partial charge in [-0.15, -0.1) is 0 Å². The maximum absolute atomic E-state index is 15.1. The summed E-state index contributed by atoms with van der Waals surface area (Å²) < 4.78 is 56.4. The van der Waals surface area contributed by atoms with Crippen LogP contribution >= 0.6 is 11.6 Å². The van der Waals surface area contributed by atoms with Gasteiger partial charge < -0.3 is 9.94 Å². The molecule has 0 radical (unpaired) electrons. The number of anilines is 1. The van der Waals surface area contributed by atoms with E-state index < -0.39 is 52.0 Å². The van der Waals surface area contributed by atoms with Crippen LogP contribution in [0.1, 0.15) is 50.4 Å². The van der Waals surface area contributed by atoms with Crippen molar-refractivity contribution in [2.45, 2.75) is 19.1 Å². The molecule has 1 aliphatic rings. The van der Waals surface area contributed by atoms with Crippen molar-refractivity contribution in [3.63, 3.8) is 0 Å². The number of halogens is 5. The zero-order chi connectivity index (χ0) is 26.4. The third-order valence-corrected chi connectivity index (χ3v) is 5.69. The molecule has 3 aromatic carbocycles. The lowest BCUT2D eigenvalue weighted by Gasteiger charge is -2.31. The van der Waals surface area contributed by atoms with Gasteiger partial charge in [0, 0.05) is 12.5 Å². The highest BCUT2D eigenvalue weighted by molar-refractivity contribution is 6.34. The standard InChI is InChI=1S/C24H15ClF4N2O5/c1-12(32)36-31-21(13-8-10-14(11-9-13)23(34)35)20-17(26)6-3-7-18(20)30(31)22(33)19-15(24(27,28)29)4-2-5-16(19)25/h2-11,21H,1H3,(H,34,35). The number of hydrogen-bond donors (Lipinski definition) is 1. The van der Waals surface area contributed by atoms with Crippen LogP contribution in [0.5, 0.6) is 0 Å². The van der Waals surface area contributed by atoms with Crippen LogP contribution in [-0.2, 0) is 15.8 Å². The van der Waals surface area contributed by atoms with Gasteiger partial charge in [0.2, 0.25) is 0 Å².